The van der Waals surface area contributed by atoms with E-state index in [2.05, 4.69) is 5.32 Å². The smallest absolute Gasteiger partial charge is 0.244 e. The largest absolute Gasteiger partial charge is 0.357 e. The lowest BCUT2D eigenvalue weighted by molar-refractivity contribution is -0.139. The van der Waals surface area contributed by atoms with Gasteiger partial charge in [-0.05, 0) is 29.3 Å². The molecule has 3 aromatic rings. The molecule has 1 unspecified atom stereocenters. The van der Waals surface area contributed by atoms with E-state index in [-0.39, 0.29) is 34.6 Å². The molecule has 2 amide bonds. The summed E-state index contributed by atoms with van der Waals surface area (Å²) in [6.07, 6.45) is 1.25. The van der Waals surface area contributed by atoms with Gasteiger partial charge in [-0.25, -0.2) is 8.42 Å². The van der Waals surface area contributed by atoms with Crippen molar-refractivity contribution in [2.75, 3.05) is 24.2 Å². The lowest BCUT2D eigenvalue weighted by Gasteiger charge is -2.33. The number of benzene rings is 3. The lowest BCUT2D eigenvalue weighted by atomic mass is 10.0. The van der Waals surface area contributed by atoms with E-state index in [0.29, 0.717) is 0 Å². The van der Waals surface area contributed by atoms with Crippen LogP contribution in [-0.2, 0) is 32.6 Å². The van der Waals surface area contributed by atoms with Crippen molar-refractivity contribution >= 4 is 50.7 Å². The topological polar surface area (TPSA) is 86.8 Å². The van der Waals surface area contributed by atoms with Crippen molar-refractivity contribution in [1.29, 1.82) is 0 Å². The molecule has 0 aliphatic rings. The molecule has 10 heteroatoms. The summed E-state index contributed by atoms with van der Waals surface area (Å²) in [5.41, 5.74) is 1.81. The van der Waals surface area contributed by atoms with Gasteiger partial charge in [-0.2, -0.15) is 0 Å². The summed E-state index contributed by atoms with van der Waals surface area (Å²) in [6, 6.07) is 22.0. The van der Waals surface area contributed by atoms with Gasteiger partial charge in [0.05, 0.1) is 11.9 Å². The third-order valence-electron chi connectivity index (χ3n) is 5.53. The summed E-state index contributed by atoms with van der Waals surface area (Å²) in [4.78, 5) is 28.2. The Balaban J connectivity index is 2.02. The maximum Gasteiger partial charge on any atom is 0.244 e. The van der Waals surface area contributed by atoms with Crippen molar-refractivity contribution < 1.29 is 18.0 Å². The van der Waals surface area contributed by atoms with Gasteiger partial charge in [-0.1, -0.05) is 83.9 Å². The molecule has 7 nitrogen and oxygen atoms in total. The molecule has 3 rings (SSSR count). The van der Waals surface area contributed by atoms with E-state index in [1.165, 1.54) is 30.1 Å². The number of hydrogen-bond acceptors (Lipinski definition) is 4. The van der Waals surface area contributed by atoms with Crippen LogP contribution in [0.5, 0.6) is 0 Å². The minimum absolute atomic E-state index is 0.110. The van der Waals surface area contributed by atoms with Gasteiger partial charge in [0.1, 0.15) is 12.6 Å². The van der Waals surface area contributed by atoms with Gasteiger partial charge in [-0.15, -0.1) is 0 Å². The second-order valence-electron chi connectivity index (χ2n) is 8.22. The first-order valence-corrected chi connectivity index (χ1v) is 13.7. The van der Waals surface area contributed by atoms with E-state index in [4.69, 9.17) is 23.2 Å². The molecule has 0 spiro atoms. The van der Waals surface area contributed by atoms with Gasteiger partial charge in [-0.3, -0.25) is 13.9 Å². The number of nitrogens with one attached hydrogen (secondary N) is 1. The normalized spacial score (nSPS) is 12.0. The third kappa shape index (κ3) is 7.46. The first-order valence-electron chi connectivity index (χ1n) is 11.1. The highest BCUT2D eigenvalue weighted by molar-refractivity contribution is 7.92. The molecular formula is C26H27Cl2N3O4S. The highest BCUT2D eigenvalue weighted by Gasteiger charge is 2.32. The molecule has 0 heterocycles. The number of hydrogen-bond donors (Lipinski definition) is 1. The highest BCUT2D eigenvalue weighted by atomic mass is 35.5. The predicted octanol–water partition coefficient (Wildman–Crippen LogP) is 4.15. The zero-order chi connectivity index (χ0) is 26.3. The molecule has 3 aromatic carbocycles. The number of amides is 2. The molecule has 0 saturated heterocycles. The summed E-state index contributed by atoms with van der Waals surface area (Å²) in [5.74, 6) is -0.912. The molecule has 190 valence electrons. The van der Waals surface area contributed by atoms with E-state index in [1.807, 2.05) is 60.7 Å². The van der Waals surface area contributed by atoms with Crippen LogP contribution in [0.15, 0.2) is 78.9 Å². The Kier molecular flexibility index (Phi) is 9.37. The van der Waals surface area contributed by atoms with Crippen LogP contribution in [0.2, 0.25) is 10.0 Å². The standard InChI is InChI=1S/C26H27Cl2N3O4S/c1-29-26(33)24(13-19-9-5-3-6-10-19)30(17-20-11-7-4-8-12-20)25(32)18-31(36(2,34)35)23-15-21(27)14-22(28)16-23/h3-12,14-16,24H,13,17-18H2,1-2H3,(H,29,33). The number of rotatable bonds is 10. The van der Waals surface area contributed by atoms with E-state index in [9.17, 15) is 18.0 Å². The first-order chi connectivity index (χ1) is 17.1. The zero-order valence-corrected chi connectivity index (χ0v) is 22.2. The summed E-state index contributed by atoms with van der Waals surface area (Å²) < 4.78 is 26.4. The number of halogens is 2. The van der Waals surface area contributed by atoms with Gasteiger partial charge in [0.25, 0.3) is 0 Å². The molecule has 0 aliphatic carbocycles. The maximum absolute atomic E-state index is 13.8. The Labute approximate surface area is 221 Å². The van der Waals surface area contributed by atoms with Crippen LogP contribution < -0.4 is 9.62 Å². The van der Waals surface area contributed by atoms with Crippen molar-refractivity contribution in [2.24, 2.45) is 0 Å². The van der Waals surface area contributed by atoms with E-state index < -0.39 is 28.5 Å². The van der Waals surface area contributed by atoms with E-state index >= 15 is 0 Å². The average molecular weight is 548 g/mol. The fourth-order valence-electron chi connectivity index (χ4n) is 3.80. The fourth-order valence-corrected chi connectivity index (χ4v) is 5.15. The van der Waals surface area contributed by atoms with Crippen LogP contribution in [0.1, 0.15) is 11.1 Å². The molecule has 0 saturated carbocycles. The Hall–Kier alpha value is -3.07. The van der Waals surface area contributed by atoms with Crippen LogP contribution in [-0.4, -0.2) is 51.0 Å². The van der Waals surface area contributed by atoms with Crippen molar-refractivity contribution in [3.63, 3.8) is 0 Å². The van der Waals surface area contributed by atoms with E-state index in [0.717, 1.165) is 21.7 Å². The molecule has 0 aliphatic heterocycles. The second-order valence-corrected chi connectivity index (χ2v) is 11.0. The van der Waals surface area contributed by atoms with Crippen molar-refractivity contribution in [3.05, 3.63) is 100 Å². The van der Waals surface area contributed by atoms with Crippen molar-refractivity contribution in [1.82, 2.24) is 10.2 Å². The lowest BCUT2D eigenvalue weighted by Crippen LogP contribution is -2.52. The van der Waals surface area contributed by atoms with Crippen LogP contribution in [0.3, 0.4) is 0 Å². The van der Waals surface area contributed by atoms with Crippen LogP contribution in [0.4, 0.5) is 5.69 Å². The number of sulfonamides is 1. The number of anilines is 1. The summed E-state index contributed by atoms with van der Waals surface area (Å²) in [5, 5.41) is 3.09. The Morgan fingerprint density at radius 3 is 1.92 bits per heavy atom. The first kappa shape index (κ1) is 27.5. The molecular weight excluding hydrogens is 521 g/mol. The average Bonchev–Trinajstić information content (AvgIpc) is 2.84. The monoisotopic (exact) mass is 547 g/mol. The zero-order valence-electron chi connectivity index (χ0n) is 19.9. The van der Waals surface area contributed by atoms with Crippen LogP contribution in [0.25, 0.3) is 0 Å². The van der Waals surface area contributed by atoms with Gasteiger partial charge < -0.3 is 10.2 Å². The summed E-state index contributed by atoms with van der Waals surface area (Å²) in [6.45, 7) is -0.427. The minimum atomic E-state index is -3.90. The molecule has 0 bridgehead atoms. The summed E-state index contributed by atoms with van der Waals surface area (Å²) in [7, 11) is -2.39. The Morgan fingerprint density at radius 2 is 1.42 bits per heavy atom. The second kappa shape index (κ2) is 12.3. The van der Waals surface area contributed by atoms with Gasteiger partial charge in [0.2, 0.25) is 21.8 Å². The Morgan fingerprint density at radius 1 is 0.889 bits per heavy atom. The summed E-state index contributed by atoms with van der Waals surface area (Å²) >= 11 is 12.2. The molecule has 0 fully saturated rings. The Bertz CT molecular complexity index is 1290. The number of carbonyl (C=O) groups excluding carboxylic acids is 2. The maximum atomic E-state index is 13.8. The highest BCUT2D eigenvalue weighted by Crippen LogP contribution is 2.27. The van der Waals surface area contributed by atoms with Gasteiger partial charge in [0, 0.05) is 30.1 Å². The van der Waals surface area contributed by atoms with Crippen molar-refractivity contribution in [2.45, 2.75) is 19.0 Å². The van der Waals surface area contributed by atoms with Gasteiger partial charge >= 0.3 is 0 Å². The molecule has 1 atom stereocenters. The van der Waals surface area contributed by atoms with E-state index in [1.54, 1.807) is 0 Å². The fraction of sp³-hybridized carbons (Fsp3) is 0.231. The van der Waals surface area contributed by atoms with Gasteiger partial charge in [0.15, 0.2) is 0 Å². The molecule has 1 N–H and O–H groups in total. The third-order valence-corrected chi connectivity index (χ3v) is 7.10. The minimum Gasteiger partial charge on any atom is -0.357 e. The predicted molar refractivity (Wildman–Crippen MR) is 144 cm³/mol. The molecule has 0 radical (unpaired) electrons. The quantitative estimate of drug-likeness (QED) is 0.413. The number of carbonyl (C=O) groups is 2. The van der Waals surface area contributed by atoms with Crippen LogP contribution >= 0.6 is 23.2 Å². The number of nitrogens with zero attached hydrogens (tertiary/aromatic N) is 2. The number of likely N-dealkylation sites (N-methyl/N-ethyl adjacent to an activating group) is 1. The van der Waals surface area contributed by atoms with Crippen LogP contribution in [0, 0.1) is 0 Å². The van der Waals surface area contributed by atoms with Crippen molar-refractivity contribution in [3.8, 4) is 0 Å². The molecule has 0 aromatic heterocycles. The SMILES string of the molecule is CNC(=O)C(Cc1ccccc1)N(Cc1ccccc1)C(=O)CN(c1cc(Cl)cc(Cl)c1)S(C)(=O)=O. The molecule has 36 heavy (non-hydrogen) atoms.